The van der Waals surface area contributed by atoms with Crippen molar-refractivity contribution < 1.29 is 19.1 Å². The van der Waals surface area contributed by atoms with Crippen molar-refractivity contribution >= 4 is 23.5 Å². The predicted octanol–water partition coefficient (Wildman–Crippen LogP) is 3.93. The molecule has 1 aliphatic carbocycles. The lowest BCUT2D eigenvalue weighted by Gasteiger charge is -2.30. The van der Waals surface area contributed by atoms with E-state index in [0.29, 0.717) is 29.8 Å². The van der Waals surface area contributed by atoms with Gasteiger partial charge in [0.1, 0.15) is 0 Å². The van der Waals surface area contributed by atoms with Crippen LogP contribution < -0.4 is 16.0 Å². The van der Waals surface area contributed by atoms with Gasteiger partial charge < -0.3 is 20.7 Å². The topological polar surface area (TPSA) is 96.5 Å². The van der Waals surface area contributed by atoms with E-state index in [2.05, 4.69) is 38.9 Å². The van der Waals surface area contributed by atoms with Crippen LogP contribution in [0.2, 0.25) is 0 Å². The molecule has 1 heterocycles. The Hall–Kier alpha value is -3.97. The van der Waals surface area contributed by atoms with Crippen molar-refractivity contribution in [1.29, 1.82) is 0 Å². The monoisotopic (exact) mass is 483 g/mol. The highest BCUT2D eigenvalue weighted by Crippen LogP contribution is 2.30. The van der Waals surface area contributed by atoms with Gasteiger partial charge >= 0.3 is 5.97 Å². The van der Waals surface area contributed by atoms with Crippen LogP contribution in [-0.4, -0.2) is 30.9 Å². The molecule has 3 aromatic carbocycles. The van der Waals surface area contributed by atoms with Gasteiger partial charge in [-0.15, -0.1) is 0 Å². The summed E-state index contributed by atoms with van der Waals surface area (Å²) in [6.07, 6.45) is 3.70. The lowest BCUT2D eigenvalue weighted by atomic mass is 9.87. The normalized spacial score (nSPS) is 18.4. The number of methoxy groups -OCH3 is 1. The van der Waals surface area contributed by atoms with E-state index in [1.807, 2.05) is 24.3 Å². The first-order valence-electron chi connectivity index (χ1n) is 12.2. The summed E-state index contributed by atoms with van der Waals surface area (Å²) in [5, 5.41) is 9.52. The number of carbonyl (C=O) groups excluding carboxylic acids is 3. The standard InChI is InChI=1S/C29H29N3O4/c1-36-29(35)20-11-9-19(10-12-20)27(33)31-23-14-13-21-16-26(30-17-22(21)15-23)28(34)32-25-8-4-6-18-5-2-3-7-24(18)25/h2-3,5,7,9-15,25-26,30H,4,6,8,16-17H2,1H3,(H,31,33)(H,32,34)/t25?,26-/m0/s1. The number of carbonyl (C=O) groups is 3. The van der Waals surface area contributed by atoms with Crippen LogP contribution >= 0.6 is 0 Å². The van der Waals surface area contributed by atoms with Crippen molar-refractivity contribution in [2.45, 2.75) is 44.3 Å². The first-order chi connectivity index (χ1) is 17.5. The van der Waals surface area contributed by atoms with E-state index in [-0.39, 0.29) is 23.9 Å². The van der Waals surface area contributed by atoms with E-state index < -0.39 is 5.97 Å². The maximum atomic E-state index is 13.1. The van der Waals surface area contributed by atoms with Gasteiger partial charge in [-0.1, -0.05) is 30.3 Å². The average molecular weight is 484 g/mol. The van der Waals surface area contributed by atoms with Gasteiger partial charge in [0.05, 0.1) is 24.8 Å². The molecular weight excluding hydrogens is 454 g/mol. The first kappa shape index (κ1) is 23.8. The van der Waals surface area contributed by atoms with Crippen molar-refractivity contribution in [3.05, 3.63) is 100 Å². The maximum Gasteiger partial charge on any atom is 0.337 e. The van der Waals surface area contributed by atoms with Crippen LogP contribution in [-0.2, 0) is 28.9 Å². The van der Waals surface area contributed by atoms with Crippen molar-refractivity contribution in [2.24, 2.45) is 0 Å². The Morgan fingerprint density at radius 1 is 0.917 bits per heavy atom. The van der Waals surface area contributed by atoms with Crippen LogP contribution in [0.15, 0.2) is 66.7 Å². The van der Waals surface area contributed by atoms with Gasteiger partial charge in [0.15, 0.2) is 0 Å². The van der Waals surface area contributed by atoms with Crippen molar-refractivity contribution in [1.82, 2.24) is 10.6 Å². The summed E-state index contributed by atoms with van der Waals surface area (Å²) in [5.74, 6) is -0.685. The van der Waals surface area contributed by atoms with Crippen LogP contribution in [0.3, 0.4) is 0 Å². The number of hydrogen-bond acceptors (Lipinski definition) is 5. The molecular formula is C29H29N3O4. The summed E-state index contributed by atoms with van der Waals surface area (Å²) in [6, 6.07) is 20.2. The van der Waals surface area contributed by atoms with Gasteiger partial charge in [-0.2, -0.15) is 0 Å². The third-order valence-electron chi connectivity index (χ3n) is 7.00. The molecule has 0 fully saturated rings. The molecule has 3 aromatic rings. The highest BCUT2D eigenvalue weighted by atomic mass is 16.5. The van der Waals surface area contributed by atoms with Crippen LogP contribution in [0.25, 0.3) is 0 Å². The summed E-state index contributed by atoms with van der Waals surface area (Å²) in [4.78, 5) is 37.3. The molecule has 0 bridgehead atoms. The molecule has 2 atom stereocenters. The minimum Gasteiger partial charge on any atom is -0.465 e. The Balaban J connectivity index is 1.21. The van der Waals surface area contributed by atoms with E-state index in [4.69, 9.17) is 0 Å². The minimum atomic E-state index is -0.445. The molecule has 36 heavy (non-hydrogen) atoms. The molecule has 2 aliphatic rings. The van der Waals surface area contributed by atoms with Crippen LogP contribution in [0.5, 0.6) is 0 Å². The summed E-state index contributed by atoms with van der Waals surface area (Å²) in [6.45, 7) is 0.548. The summed E-state index contributed by atoms with van der Waals surface area (Å²) >= 11 is 0. The number of hydrogen-bond donors (Lipinski definition) is 3. The second-order valence-corrected chi connectivity index (χ2v) is 9.30. The third kappa shape index (κ3) is 5.02. The second-order valence-electron chi connectivity index (χ2n) is 9.30. The molecule has 5 rings (SSSR count). The quantitative estimate of drug-likeness (QED) is 0.478. The summed E-state index contributed by atoms with van der Waals surface area (Å²) < 4.78 is 4.69. The highest BCUT2D eigenvalue weighted by molar-refractivity contribution is 6.04. The van der Waals surface area contributed by atoms with Crippen LogP contribution in [0.4, 0.5) is 5.69 Å². The third-order valence-corrected chi connectivity index (χ3v) is 7.00. The SMILES string of the molecule is COC(=O)c1ccc(C(=O)Nc2ccc3c(c2)CN[C@H](C(=O)NC2CCCc4ccccc42)C3)cc1. The molecule has 1 aliphatic heterocycles. The number of aryl methyl sites for hydroxylation is 1. The zero-order chi connectivity index (χ0) is 25.1. The molecule has 0 spiro atoms. The van der Waals surface area contributed by atoms with Crippen molar-refractivity contribution in [2.75, 3.05) is 12.4 Å². The number of fused-ring (bicyclic) bond motifs is 2. The number of rotatable bonds is 5. The average Bonchev–Trinajstić information content (AvgIpc) is 2.92. The van der Waals surface area contributed by atoms with E-state index >= 15 is 0 Å². The lowest BCUT2D eigenvalue weighted by molar-refractivity contribution is -0.124. The minimum absolute atomic E-state index is 0.0233. The number of benzene rings is 3. The first-order valence-corrected chi connectivity index (χ1v) is 12.2. The van der Waals surface area contributed by atoms with Gasteiger partial charge in [-0.05, 0) is 84.3 Å². The maximum absolute atomic E-state index is 13.1. The number of esters is 1. The van der Waals surface area contributed by atoms with Crippen LogP contribution in [0, 0.1) is 0 Å². The van der Waals surface area contributed by atoms with E-state index in [0.717, 1.165) is 30.4 Å². The van der Waals surface area contributed by atoms with E-state index in [1.54, 1.807) is 24.3 Å². The van der Waals surface area contributed by atoms with Crippen molar-refractivity contribution in [3.8, 4) is 0 Å². The fourth-order valence-corrected chi connectivity index (χ4v) is 5.03. The van der Waals surface area contributed by atoms with Gasteiger partial charge in [0, 0.05) is 17.8 Å². The Morgan fingerprint density at radius 3 is 2.50 bits per heavy atom. The smallest absolute Gasteiger partial charge is 0.337 e. The van der Waals surface area contributed by atoms with Gasteiger partial charge in [0.25, 0.3) is 5.91 Å². The van der Waals surface area contributed by atoms with Gasteiger partial charge in [0.2, 0.25) is 5.91 Å². The molecule has 0 saturated carbocycles. The molecule has 2 amide bonds. The van der Waals surface area contributed by atoms with Gasteiger partial charge in [-0.25, -0.2) is 4.79 Å². The Morgan fingerprint density at radius 2 is 1.69 bits per heavy atom. The Bertz CT molecular complexity index is 1300. The van der Waals surface area contributed by atoms with Gasteiger partial charge in [-0.3, -0.25) is 9.59 Å². The molecule has 0 aromatic heterocycles. The fourth-order valence-electron chi connectivity index (χ4n) is 5.03. The summed E-state index contributed by atoms with van der Waals surface area (Å²) in [7, 11) is 1.32. The summed E-state index contributed by atoms with van der Waals surface area (Å²) in [5.41, 5.74) is 6.22. The zero-order valence-corrected chi connectivity index (χ0v) is 20.2. The molecule has 184 valence electrons. The molecule has 0 saturated heterocycles. The number of nitrogens with one attached hydrogen (secondary N) is 3. The fraction of sp³-hybridized carbons (Fsp3) is 0.276. The van der Waals surface area contributed by atoms with Crippen molar-refractivity contribution in [3.63, 3.8) is 0 Å². The zero-order valence-electron chi connectivity index (χ0n) is 20.2. The highest BCUT2D eigenvalue weighted by Gasteiger charge is 2.28. The lowest BCUT2D eigenvalue weighted by Crippen LogP contribution is -2.48. The number of anilines is 1. The van der Waals surface area contributed by atoms with Crippen LogP contribution in [0.1, 0.15) is 61.9 Å². The number of ether oxygens (including phenoxy) is 1. The molecule has 7 heteroatoms. The molecule has 0 radical (unpaired) electrons. The molecule has 1 unspecified atom stereocenters. The number of amides is 2. The molecule has 7 nitrogen and oxygen atoms in total. The largest absolute Gasteiger partial charge is 0.465 e. The Labute approximate surface area is 210 Å². The predicted molar refractivity (Wildman–Crippen MR) is 137 cm³/mol. The Kier molecular flexibility index (Phi) is 6.82. The second kappa shape index (κ2) is 10.3. The van der Waals surface area contributed by atoms with E-state index in [1.165, 1.54) is 18.2 Å². The van der Waals surface area contributed by atoms with E-state index in [9.17, 15) is 14.4 Å². The molecule has 3 N–H and O–H groups in total.